The molecular weight excluding hydrogens is 254 g/mol. The molecule has 2 fully saturated rings. The second-order valence-corrected chi connectivity index (χ2v) is 5.98. The summed E-state index contributed by atoms with van der Waals surface area (Å²) in [6.07, 6.45) is 14.7. The molecule has 1 amide bonds. The van der Waals surface area contributed by atoms with Gasteiger partial charge >= 0.3 is 5.97 Å². The third-order valence-electron chi connectivity index (χ3n) is 4.36. The average Bonchev–Trinajstić information content (AvgIpc) is 2.52. The molecule has 1 N–H and O–H groups in total. The molecule has 0 aromatic rings. The Morgan fingerprint density at radius 1 is 0.900 bits per heavy atom. The van der Waals surface area contributed by atoms with E-state index in [-0.39, 0.29) is 17.8 Å². The number of carbonyl (C=O) groups is 2. The van der Waals surface area contributed by atoms with Crippen LogP contribution in [0.1, 0.15) is 64.2 Å². The van der Waals surface area contributed by atoms with Gasteiger partial charge in [-0.2, -0.15) is 5.48 Å². The fourth-order valence-corrected chi connectivity index (χ4v) is 3.11. The van der Waals surface area contributed by atoms with Gasteiger partial charge in [-0.15, -0.1) is 0 Å². The summed E-state index contributed by atoms with van der Waals surface area (Å²) in [6, 6.07) is 0. The smallest absolute Gasteiger partial charge is 0.335 e. The Balaban J connectivity index is 1.66. The summed E-state index contributed by atoms with van der Waals surface area (Å²) in [7, 11) is 0. The van der Waals surface area contributed by atoms with Gasteiger partial charge in [-0.3, -0.25) is 4.79 Å². The fraction of sp³-hybridized carbons (Fsp3) is 0.750. The van der Waals surface area contributed by atoms with E-state index in [1.165, 1.54) is 31.8 Å². The van der Waals surface area contributed by atoms with Gasteiger partial charge in [0.15, 0.2) is 0 Å². The summed E-state index contributed by atoms with van der Waals surface area (Å²) in [6.45, 7) is 0. The minimum absolute atomic E-state index is 0.0358. The standard InChI is InChI=1S/C16H25NO3/c18-15(12-11-13-7-3-1-4-8-13)17-20-16(19)14-9-5-2-6-10-14/h11-14H,1-10H2,(H,17,18). The molecule has 0 spiro atoms. The van der Waals surface area contributed by atoms with Crippen molar-refractivity contribution in [3.05, 3.63) is 12.2 Å². The van der Waals surface area contributed by atoms with Crippen LogP contribution in [0.5, 0.6) is 0 Å². The SMILES string of the molecule is O=C(C=CC1CCCCC1)NOC(=O)C1CCCCC1. The first-order chi connectivity index (χ1) is 9.75. The van der Waals surface area contributed by atoms with E-state index in [0.717, 1.165) is 38.5 Å². The maximum Gasteiger partial charge on any atom is 0.335 e. The lowest BCUT2D eigenvalue weighted by Crippen LogP contribution is -2.30. The molecule has 2 aliphatic rings. The van der Waals surface area contributed by atoms with Gasteiger partial charge < -0.3 is 4.84 Å². The Morgan fingerprint density at radius 2 is 1.50 bits per heavy atom. The van der Waals surface area contributed by atoms with Crippen LogP contribution in [-0.2, 0) is 14.4 Å². The predicted octanol–water partition coefficient (Wildman–Crippen LogP) is 3.28. The maximum absolute atomic E-state index is 11.7. The number of hydrogen-bond acceptors (Lipinski definition) is 3. The highest BCUT2D eigenvalue weighted by Gasteiger charge is 2.23. The van der Waals surface area contributed by atoms with Crippen molar-refractivity contribution in [2.24, 2.45) is 11.8 Å². The monoisotopic (exact) mass is 279 g/mol. The third kappa shape index (κ3) is 4.99. The van der Waals surface area contributed by atoms with Gasteiger partial charge in [-0.25, -0.2) is 4.79 Å². The van der Waals surface area contributed by atoms with E-state index >= 15 is 0 Å². The Hall–Kier alpha value is -1.32. The molecule has 0 saturated heterocycles. The van der Waals surface area contributed by atoms with Crippen molar-refractivity contribution < 1.29 is 14.4 Å². The predicted molar refractivity (Wildman–Crippen MR) is 76.5 cm³/mol. The summed E-state index contributed by atoms with van der Waals surface area (Å²) in [4.78, 5) is 28.2. The molecule has 20 heavy (non-hydrogen) atoms. The van der Waals surface area contributed by atoms with Crippen LogP contribution < -0.4 is 5.48 Å². The van der Waals surface area contributed by atoms with Crippen molar-refractivity contribution in [3.63, 3.8) is 0 Å². The molecule has 0 atom stereocenters. The van der Waals surface area contributed by atoms with E-state index in [0.29, 0.717) is 5.92 Å². The van der Waals surface area contributed by atoms with Gasteiger partial charge in [0, 0.05) is 6.08 Å². The number of carbonyl (C=O) groups excluding carboxylic acids is 2. The van der Waals surface area contributed by atoms with Crippen molar-refractivity contribution >= 4 is 11.9 Å². The number of nitrogens with one attached hydrogen (secondary N) is 1. The van der Waals surface area contributed by atoms with Crippen molar-refractivity contribution in [2.45, 2.75) is 64.2 Å². The third-order valence-corrected chi connectivity index (χ3v) is 4.36. The van der Waals surface area contributed by atoms with E-state index in [2.05, 4.69) is 5.48 Å². The molecule has 4 heteroatoms. The Bertz CT molecular complexity index is 353. The molecule has 2 saturated carbocycles. The lowest BCUT2D eigenvalue weighted by molar-refractivity contribution is -0.161. The maximum atomic E-state index is 11.7. The van der Waals surface area contributed by atoms with Crippen LogP contribution >= 0.6 is 0 Å². The zero-order valence-electron chi connectivity index (χ0n) is 12.1. The first-order valence-electron chi connectivity index (χ1n) is 7.94. The van der Waals surface area contributed by atoms with Gasteiger partial charge in [0.1, 0.15) is 0 Å². The van der Waals surface area contributed by atoms with Gasteiger partial charge in [-0.05, 0) is 31.6 Å². The Morgan fingerprint density at radius 3 is 2.15 bits per heavy atom. The summed E-state index contributed by atoms with van der Waals surface area (Å²) < 4.78 is 0. The lowest BCUT2D eigenvalue weighted by Gasteiger charge is -2.19. The summed E-state index contributed by atoms with van der Waals surface area (Å²) in [5.74, 6) is -0.154. The quantitative estimate of drug-likeness (QED) is 0.637. The van der Waals surface area contributed by atoms with E-state index in [9.17, 15) is 9.59 Å². The van der Waals surface area contributed by atoms with Crippen molar-refractivity contribution in [1.82, 2.24) is 5.48 Å². The molecule has 0 unspecified atom stereocenters. The molecule has 0 aliphatic heterocycles. The molecule has 4 nitrogen and oxygen atoms in total. The average molecular weight is 279 g/mol. The molecule has 0 aromatic heterocycles. The summed E-state index contributed by atoms with van der Waals surface area (Å²) in [5, 5.41) is 0. The topological polar surface area (TPSA) is 55.4 Å². The molecule has 0 heterocycles. The van der Waals surface area contributed by atoms with E-state index in [1.807, 2.05) is 6.08 Å². The van der Waals surface area contributed by atoms with Crippen LogP contribution in [0, 0.1) is 11.8 Å². The zero-order chi connectivity index (χ0) is 14.2. The minimum atomic E-state index is -0.334. The second kappa shape index (κ2) is 8.08. The zero-order valence-corrected chi connectivity index (χ0v) is 12.1. The molecule has 2 aliphatic carbocycles. The van der Waals surface area contributed by atoms with Gasteiger partial charge in [-0.1, -0.05) is 44.6 Å². The number of rotatable bonds is 3. The summed E-state index contributed by atoms with van der Waals surface area (Å²) >= 11 is 0. The van der Waals surface area contributed by atoms with Crippen molar-refractivity contribution in [3.8, 4) is 0 Å². The second-order valence-electron chi connectivity index (χ2n) is 5.98. The molecule has 0 bridgehead atoms. The van der Waals surface area contributed by atoms with E-state index in [1.54, 1.807) is 0 Å². The number of allylic oxidation sites excluding steroid dienone is 1. The molecule has 2 rings (SSSR count). The van der Waals surface area contributed by atoms with Crippen LogP contribution in [0.3, 0.4) is 0 Å². The van der Waals surface area contributed by atoms with Crippen LogP contribution in [-0.4, -0.2) is 11.9 Å². The molecule has 112 valence electrons. The van der Waals surface area contributed by atoms with Crippen molar-refractivity contribution in [2.75, 3.05) is 0 Å². The number of amides is 1. The van der Waals surface area contributed by atoms with Crippen molar-refractivity contribution in [1.29, 1.82) is 0 Å². The first-order valence-corrected chi connectivity index (χ1v) is 7.94. The highest BCUT2D eigenvalue weighted by molar-refractivity contribution is 5.87. The highest BCUT2D eigenvalue weighted by atomic mass is 16.7. The van der Waals surface area contributed by atoms with Crippen LogP contribution in [0.2, 0.25) is 0 Å². The minimum Gasteiger partial charge on any atom is -0.340 e. The Kier molecular flexibility index (Phi) is 6.09. The normalized spacial score (nSPS) is 21.8. The van der Waals surface area contributed by atoms with Crippen LogP contribution in [0.4, 0.5) is 0 Å². The molecule has 0 aromatic carbocycles. The molecular formula is C16H25NO3. The Labute approximate surface area is 120 Å². The van der Waals surface area contributed by atoms with E-state index < -0.39 is 0 Å². The van der Waals surface area contributed by atoms with E-state index in [4.69, 9.17) is 4.84 Å². The largest absolute Gasteiger partial charge is 0.340 e. The highest BCUT2D eigenvalue weighted by Crippen LogP contribution is 2.25. The van der Waals surface area contributed by atoms with Gasteiger partial charge in [0.2, 0.25) is 0 Å². The van der Waals surface area contributed by atoms with Crippen LogP contribution in [0.25, 0.3) is 0 Å². The van der Waals surface area contributed by atoms with Gasteiger partial charge in [0.05, 0.1) is 5.92 Å². The number of hydrogen-bond donors (Lipinski definition) is 1. The molecule has 0 radical (unpaired) electrons. The van der Waals surface area contributed by atoms with Crippen LogP contribution in [0.15, 0.2) is 12.2 Å². The van der Waals surface area contributed by atoms with Gasteiger partial charge in [0.25, 0.3) is 5.91 Å². The fourth-order valence-electron chi connectivity index (χ4n) is 3.11. The summed E-state index contributed by atoms with van der Waals surface area (Å²) in [5.41, 5.74) is 2.24. The first kappa shape index (κ1) is 15.1. The lowest BCUT2D eigenvalue weighted by atomic mass is 9.89. The number of hydroxylamine groups is 1.